The Morgan fingerprint density at radius 3 is 2.17 bits per heavy atom. The van der Waals surface area contributed by atoms with Crippen molar-refractivity contribution in [1.82, 2.24) is 0 Å². The van der Waals surface area contributed by atoms with Crippen LogP contribution in [0.3, 0.4) is 0 Å². The zero-order valence-electron chi connectivity index (χ0n) is 17.6. The summed E-state index contributed by atoms with van der Waals surface area (Å²) in [5, 5.41) is 10.3. The van der Waals surface area contributed by atoms with Gasteiger partial charge in [0.25, 0.3) is 0 Å². The van der Waals surface area contributed by atoms with E-state index in [-0.39, 0.29) is 23.7 Å². The smallest absolute Gasteiger partial charge is 0.203 e. The number of fused-ring (bicyclic) bond motifs is 1. The second-order valence-corrected chi connectivity index (χ2v) is 6.89. The molecule has 1 aliphatic carbocycles. The van der Waals surface area contributed by atoms with E-state index in [0.29, 0.717) is 45.3 Å². The number of hydrogen-bond donors (Lipinski definition) is 1. The number of allylic oxidation sites excluding steroid dienone is 1. The Bertz CT molecular complexity index is 1040. The number of ether oxygens (including phenoxy) is 4. The number of rotatable bonds is 6. The molecular formula is C23H24O7. The average molecular weight is 412 g/mol. The Morgan fingerprint density at radius 1 is 0.967 bits per heavy atom. The summed E-state index contributed by atoms with van der Waals surface area (Å²) in [6, 6.07) is 6.61. The van der Waals surface area contributed by atoms with E-state index in [1.165, 1.54) is 47.5 Å². The van der Waals surface area contributed by atoms with Gasteiger partial charge in [0.2, 0.25) is 5.75 Å². The number of benzene rings is 2. The minimum Gasteiger partial charge on any atom is -0.504 e. The molecule has 2 aromatic rings. The van der Waals surface area contributed by atoms with Crippen molar-refractivity contribution in [2.75, 3.05) is 28.4 Å². The highest BCUT2D eigenvalue weighted by Gasteiger charge is 2.33. The highest BCUT2D eigenvalue weighted by molar-refractivity contribution is 6.12. The fraction of sp³-hybridized carbons (Fsp3) is 0.304. The summed E-state index contributed by atoms with van der Waals surface area (Å²) in [7, 11) is 5.95. The van der Waals surface area contributed by atoms with Crippen molar-refractivity contribution in [1.29, 1.82) is 0 Å². The third-order valence-electron chi connectivity index (χ3n) is 5.24. The molecule has 30 heavy (non-hydrogen) atoms. The monoisotopic (exact) mass is 412 g/mol. The second kappa shape index (κ2) is 8.49. The first-order valence-electron chi connectivity index (χ1n) is 9.31. The summed E-state index contributed by atoms with van der Waals surface area (Å²) in [5.74, 6) is 0.0481. The highest BCUT2D eigenvalue weighted by Crippen LogP contribution is 2.47. The molecule has 0 heterocycles. The van der Waals surface area contributed by atoms with Gasteiger partial charge in [0.15, 0.2) is 28.8 Å². The van der Waals surface area contributed by atoms with Gasteiger partial charge in [0.1, 0.15) is 5.78 Å². The van der Waals surface area contributed by atoms with Gasteiger partial charge >= 0.3 is 0 Å². The van der Waals surface area contributed by atoms with E-state index in [9.17, 15) is 14.7 Å². The number of carbonyl (C=O) groups excluding carboxylic acids is 2. The van der Waals surface area contributed by atoms with Gasteiger partial charge in [-0.05, 0) is 54.3 Å². The molecular weight excluding hydrogens is 388 g/mol. The Hall–Kier alpha value is -3.48. The Labute approximate surface area is 174 Å². The van der Waals surface area contributed by atoms with Gasteiger partial charge in [0.05, 0.1) is 34.4 Å². The number of phenols is 1. The number of carbonyl (C=O) groups is 2. The zero-order valence-corrected chi connectivity index (χ0v) is 17.6. The minimum atomic E-state index is -0.847. The van der Waals surface area contributed by atoms with Crippen molar-refractivity contribution < 1.29 is 33.6 Å². The summed E-state index contributed by atoms with van der Waals surface area (Å²) < 4.78 is 21.7. The molecule has 0 bridgehead atoms. The summed E-state index contributed by atoms with van der Waals surface area (Å²) >= 11 is 0. The molecule has 0 aromatic heterocycles. The molecule has 1 aliphatic rings. The molecule has 2 aromatic carbocycles. The fourth-order valence-electron chi connectivity index (χ4n) is 3.72. The minimum absolute atomic E-state index is 0.0651. The van der Waals surface area contributed by atoms with Crippen LogP contribution in [0.5, 0.6) is 28.7 Å². The van der Waals surface area contributed by atoms with E-state index in [0.717, 1.165) is 0 Å². The predicted molar refractivity (Wildman–Crippen MR) is 111 cm³/mol. The van der Waals surface area contributed by atoms with Crippen molar-refractivity contribution in [2.24, 2.45) is 5.92 Å². The highest BCUT2D eigenvalue weighted by atomic mass is 16.5. The van der Waals surface area contributed by atoms with Crippen LogP contribution in [0, 0.1) is 5.92 Å². The van der Waals surface area contributed by atoms with E-state index in [1.54, 1.807) is 18.2 Å². The average Bonchev–Trinajstić information content (AvgIpc) is 2.88. The lowest BCUT2D eigenvalue weighted by Crippen LogP contribution is -2.22. The third kappa shape index (κ3) is 3.58. The molecule has 0 saturated carbocycles. The van der Waals surface area contributed by atoms with Crippen LogP contribution in [0.1, 0.15) is 23.6 Å². The van der Waals surface area contributed by atoms with Gasteiger partial charge in [-0.15, -0.1) is 0 Å². The van der Waals surface area contributed by atoms with Crippen LogP contribution in [0.4, 0.5) is 0 Å². The molecule has 0 aliphatic heterocycles. The SMILES string of the molecule is COc1ccc(C2=CC(=O)C(C(C)=O)Cc3c2cc(OC)c(OC)c3OC)cc1O. The van der Waals surface area contributed by atoms with E-state index >= 15 is 0 Å². The molecule has 1 atom stereocenters. The van der Waals surface area contributed by atoms with Gasteiger partial charge in [-0.2, -0.15) is 0 Å². The number of aromatic hydroxyl groups is 1. The molecule has 3 rings (SSSR count). The Balaban J connectivity index is 2.35. The summed E-state index contributed by atoms with van der Waals surface area (Å²) in [6.45, 7) is 1.40. The first kappa shape index (κ1) is 21.2. The number of phenolic OH excluding ortho intramolecular Hbond substituents is 1. The van der Waals surface area contributed by atoms with Crippen LogP contribution in [0.2, 0.25) is 0 Å². The van der Waals surface area contributed by atoms with Crippen LogP contribution < -0.4 is 18.9 Å². The molecule has 1 unspecified atom stereocenters. The molecule has 7 nitrogen and oxygen atoms in total. The van der Waals surface area contributed by atoms with Crippen LogP contribution in [0.25, 0.3) is 5.57 Å². The molecule has 7 heteroatoms. The standard InChI is InChI=1S/C23H24O7/c1-12(24)14-9-17-16(11-21(28-3)23(30-5)22(17)29-4)15(10-18(14)25)13-6-7-20(27-2)19(26)8-13/h6-8,10-11,14,26H,9H2,1-5H3. The number of hydrogen-bond acceptors (Lipinski definition) is 7. The molecule has 0 radical (unpaired) electrons. The van der Waals surface area contributed by atoms with Crippen molar-refractivity contribution in [2.45, 2.75) is 13.3 Å². The van der Waals surface area contributed by atoms with Crippen LogP contribution >= 0.6 is 0 Å². The summed E-state index contributed by atoms with van der Waals surface area (Å²) in [4.78, 5) is 25.2. The third-order valence-corrected chi connectivity index (χ3v) is 5.24. The fourth-order valence-corrected chi connectivity index (χ4v) is 3.72. The quantitative estimate of drug-likeness (QED) is 0.729. The maximum Gasteiger partial charge on any atom is 0.203 e. The lowest BCUT2D eigenvalue weighted by Gasteiger charge is -2.21. The van der Waals surface area contributed by atoms with Crippen molar-refractivity contribution in [3.05, 3.63) is 47.0 Å². The molecule has 0 amide bonds. The van der Waals surface area contributed by atoms with Gasteiger partial charge in [0, 0.05) is 5.56 Å². The molecule has 158 valence electrons. The first-order valence-corrected chi connectivity index (χ1v) is 9.31. The predicted octanol–water partition coefficient (Wildman–Crippen LogP) is 3.19. The van der Waals surface area contributed by atoms with E-state index < -0.39 is 5.92 Å². The lowest BCUT2D eigenvalue weighted by atomic mass is 9.90. The van der Waals surface area contributed by atoms with E-state index in [4.69, 9.17) is 18.9 Å². The Kier molecular flexibility index (Phi) is 6.01. The van der Waals surface area contributed by atoms with E-state index in [1.807, 2.05) is 0 Å². The molecule has 0 saturated heterocycles. The van der Waals surface area contributed by atoms with Gasteiger partial charge < -0.3 is 24.1 Å². The van der Waals surface area contributed by atoms with Crippen LogP contribution in [0.15, 0.2) is 30.3 Å². The maximum absolute atomic E-state index is 12.9. The lowest BCUT2D eigenvalue weighted by molar-refractivity contribution is -0.128. The number of methoxy groups -OCH3 is 4. The number of ketones is 2. The van der Waals surface area contributed by atoms with Gasteiger partial charge in [-0.3, -0.25) is 9.59 Å². The second-order valence-electron chi connectivity index (χ2n) is 6.89. The molecule has 1 N–H and O–H groups in total. The van der Waals surface area contributed by atoms with Gasteiger partial charge in [-0.1, -0.05) is 6.07 Å². The molecule has 0 spiro atoms. The first-order chi connectivity index (χ1) is 14.4. The largest absolute Gasteiger partial charge is 0.504 e. The van der Waals surface area contributed by atoms with Crippen LogP contribution in [-0.4, -0.2) is 45.1 Å². The summed E-state index contributed by atoms with van der Waals surface area (Å²) in [5.41, 5.74) is 2.44. The van der Waals surface area contributed by atoms with Crippen molar-refractivity contribution in [3.8, 4) is 28.7 Å². The van der Waals surface area contributed by atoms with E-state index in [2.05, 4.69) is 0 Å². The normalized spacial score (nSPS) is 15.6. The van der Waals surface area contributed by atoms with Crippen molar-refractivity contribution in [3.63, 3.8) is 0 Å². The Morgan fingerprint density at radius 2 is 1.63 bits per heavy atom. The van der Waals surface area contributed by atoms with Crippen LogP contribution in [-0.2, 0) is 16.0 Å². The number of Topliss-reactive ketones (excluding diaryl/α,β-unsaturated/α-hetero) is 1. The van der Waals surface area contributed by atoms with Gasteiger partial charge in [-0.25, -0.2) is 0 Å². The zero-order chi connectivity index (χ0) is 22.0. The maximum atomic E-state index is 12.9. The topological polar surface area (TPSA) is 91.3 Å². The summed E-state index contributed by atoms with van der Waals surface area (Å²) in [6.07, 6.45) is 1.60. The molecule has 0 fully saturated rings. The van der Waals surface area contributed by atoms with Crippen molar-refractivity contribution >= 4 is 17.1 Å².